The average molecular weight is 357 g/mol. The van der Waals surface area contributed by atoms with Crippen LogP contribution in [0.25, 0.3) is 5.69 Å². The van der Waals surface area contributed by atoms with E-state index >= 15 is 0 Å². The van der Waals surface area contributed by atoms with Crippen LogP contribution < -0.4 is 9.47 Å². The number of rotatable bonds is 4. The first kappa shape index (κ1) is 15.5. The molecule has 7 heteroatoms. The molecule has 0 aliphatic carbocycles. The van der Waals surface area contributed by atoms with Gasteiger partial charge in [-0.3, -0.25) is 0 Å². The highest BCUT2D eigenvalue weighted by Gasteiger charge is 2.21. The molecule has 1 aliphatic heterocycles. The van der Waals surface area contributed by atoms with Crippen molar-refractivity contribution in [2.45, 2.75) is 6.61 Å². The van der Waals surface area contributed by atoms with E-state index in [1.54, 1.807) is 16.9 Å². The van der Waals surface area contributed by atoms with Crippen LogP contribution in [0, 0.1) is 0 Å². The lowest BCUT2D eigenvalue weighted by Crippen LogP contribution is -2.05. The van der Waals surface area contributed by atoms with Crippen molar-refractivity contribution in [2.24, 2.45) is 0 Å². The monoisotopic (exact) mass is 356 g/mol. The number of aromatic nitrogens is 2. The third kappa shape index (κ3) is 3.16. The van der Waals surface area contributed by atoms with Gasteiger partial charge in [0.2, 0.25) is 6.79 Å². The van der Waals surface area contributed by atoms with E-state index in [2.05, 4.69) is 5.10 Å². The fourth-order valence-electron chi connectivity index (χ4n) is 2.48. The first-order chi connectivity index (χ1) is 12.2. The minimum absolute atomic E-state index is 0.0934. The number of halogens is 1. The van der Waals surface area contributed by atoms with Crippen LogP contribution in [0.3, 0.4) is 0 Å². The Hall–Kier alpha value is -2.99. The molecular formula is C18H13ClN2O4. The Labute approximate surface area is 148 Å². The summed E-state index contributed by atoms with van der Waals surface area (Å²) in [5.41, 5.74) is 2.13. The number of fused-ring (bicyclic) bond motifs is 1. The molecule has 0 atom stereocenters. The van der Waals surface area contributed by atoms with Crippen molar-refractivity contribution < 1.29 is 19.0 Å². The first-order valence-electron chi connectivity index (χ1n) is 7.56. The molecule has 126 valence electrons. The maximum Gasteiger partial charge on any atom is 0.338 e. The van der Waals surface area contributed by atoms with Crippen LogP contribution >= 0.6 is 11.6 Å². The van der Waals surface area contributed by atoms with Gasteiger partial charge in [0.05, 0.1) is 16.3 Å². The van der Waals surface area contributed by atoms with Gasteiger partial charge in [-0.1, -0.05) is 23.7 Å². The van der Waals surface area contributed by atoms with Crippen LogP contribution in [0.15, 0.2) is 54.9 Å². The summed E-state index contributed by atoms with van der Waals surface area (Å²) in [6.07, 6.45) is 3.57. The van der Waals surface area contributed by atoms with Gasteiger partial charge < -0.3 is 14.2 Å². The fraction of sp³-hybridized carbons (Fsp3) is 0.111. The van der Waals surface area contributed by atoms with Crippen LogP contribution in [-0.2, 0) is 11.3 Å². The molecule has 0 spiro atoms. The Morgan fingerprint density at radius 1 is 1.24 bits per heavy atom. The number of carbonyl (C=O) groups is 1. The zero-order valence-corrected chi connectivity index (χ0v) is 13.8. The van der Waals surface area contributed by atoms with E-state index in [4.69, 9.17) is 25.8 Å². The summed E-state index contributed by atoms with van der Waals surface area (Å²) in [6, 6.07) is 12.5. The summed E-state index contributed by atoms with van der Waals surface area (Å²) >= 11 is 6.08. The summed E-state index contributed by atoms with van der Waals surface area (Å²) in [5, 5.41) is 4.49. The molecule has 0 saturated carbocycles. The zero-order chi connectivity index (χ0) is 17.2. The van der Waals surface area contributed by atoms with E-state index in [0.29, 0.717) is 22.1 Å². The Bertz CT molecular complexity index is 908. The van der Waals surface area contributed by atoms with Crippen molar-refractivity contribution in [2.75, 3.05) is 6.79 Å². The number of hydrogen-bond donors (Lipinski definition) is 0. The Balaban J connectivity index is 1.43. The molecule has 0 radical (unpaired) electrons. The number of benzene rings is 2. The quantitative estimate of drug-likeness (QED) is 0.668. The van der Waals surface area contributed by atoms with Crippen molar-refractivity contribution >= 4 is 17.6 Å². The van der Waals surface area contributed by atoms with Gasteiger partial charge in [-0.05, 0) is 35.9 Å². The van der Waals surface area contributed by atoms with Gasteiger partial charge in [-0.25, -0.2) is 9.48 Å². The highest BCUT2D eigenvalue weighted by molar-refractivity contribution is 6.32. The molecular weight excluding hydrogens is 344 g/mol. The molecule has 1 aliphatic rings. The third-order valence-corrected chi connectivity index (χ3v) is 4.02. The summed E-state index contributed by atoms with van der Waals surface area (Å²) in [5.74, 6) is 0.423. The van der Waals surface area contributed by atoms with E-state index < -0.39 is 5.97 Å². The molecule has 0 fully saturated rings. The van der Waals surface area contributed by atoms with Crippen LogP contribution in [-0.4, -0.2) is 22.5 Å². The Morgan fingerprint density at radius 2 is 2.08 bits per heavy atom. The highest BCUT2D eigenvalue weighted by Crippen LogP contribution is 2.39. The van der Waals surface area contributed by atoms with Crippen molar-refractivity contribution in [3.8, 4) is 17.2 Å². The summed E-state index contributed by atoms with van der Waals surface area (Å²) in [7, 11) is 0. The molecule has 2 aromatic carbocycles. The largest absolute Gasteiger partial charge is 0.457 e. The van der Waals surface area contributed by atoms with Crippen molar-refractivity contribution in [1.29, 1.82) is 0 Å². The zero-order valence-electron chi connectivity index (χ0n) is 13.0. The molecule has 2 heterocycles. The summed E-state index contributed by atoms with van der Waals surface area (Å²) in [4.78, 5) is 12.2. The molecule has 1 aromatic heterocycles. The minimum Gasteiger partial charge on any atom is -0.457 e. The van der Waals surface area contributed by atoms with Crippen LogP contribution in [0.5, 0.6) is 11.5 Å². The van der Waals surface area contributed by atoms with Crippen LogP contribution in [0.4, 0.5) is 0 Å². The van der Waals surface area contributed by atoms with E-state index in [-0.39, 0.29) is 13.4 Å². The highest BCUT2D eigenvalue weighted by atomic mass is 35.5. The van der Waals surface area contributed by atoms with Gasteiger partial charge in [0.15, 0.2) is 11.5 Å². The van der Waals surface area contributed by atoms with E-state index in [0.717, 1.165) is 11.3 Å². The molecule has 0 N–H and O–H groups in total. The number of ether oxygens (including phenoxy) is 3. The average Bonchev–Trinajstić information content (AvgIpc) is 3.31. The number of esters is 1. The second-order valence-electron chi connectivity index (χ2n) is 5.39. The number of nitrogens with zero attached hydrogens (tertiary/aromatic N) is 2. The molecule has 3 aromatic rings. The van der Waals surface area contributed by atoms with Gasteiger partial charge in [-0.2, -0.15) is 5.10 Å². The minimum atomic E-state index is -0.476. The molecule has 0 bridgehead atoms. The van der Waals surface area contributed by atoms with E-state index in [1.807, 2.05) is 36.5 Å². The van der Waals surface area contributed by atoms with Crippen molar-refractivity contribution in [1.82, 2.24) is 9.78 Å². The molecule has 6 nitrogen and oxygen atoms in total. The Kier molecular flexibility index (Phi) is 4.03. The maximum atomic E-state index is 12.2. The standard InChI is InChI=1S/C18H13ClN2O4/c19-15-8-13(9-16-17(15)25-11-24-16)18(22)23-10-12-2-4-14(5-3-12)21-7-1-6-20-21/h1-9H,10-11H2. The predicted molar refractivity (Wildman–Crippen MR) is 90.3 cm³/mol. The lowest BCUT2D eigenvalue weighted by atomic mass is 10.2. The van der Waals surface area contributed by atoms with E-state index in [1.165, 1.54) is 6.07 Å². The smallest absolute Gasteiger partial charge is 0.338 e. The van der Waals surface area contributed by atoms with Crippen LogP contribution in [0.1, 0.15) is 15.9 Å². The van der Waals surface area contributed by atoms with E-state index in [9.17, 15) is 4.79 Å². The van der Waals surface area contributed by atoms with Crippen LogP contribution in [0.2, 0.25) is 5.02 Å². The second-order valence-corrected chi connectivity index (χ2v) is 5.79. The molecule has 4 rings (SSSR count). The van der Waals surface area contributed by atoms with Crippen molar-refractivity contribution in [3.63, 3.8) is 0 Å². The molecule has 0 saturated heterocycles. The van der Waals surface area contributed by atoms with Gasteiger partial charge in [0.1, 0.15) is 6.61 Å². The molecule has 25 heavy (non-hydrogen) atoms. The predicted octanol–water partition coefficient (Wildman–Crippen LogP) is 3.61. The lowest BCUT2D eigenvalue weighted by molar-refractivity contribution is 0.0472. The SMILES string of the molecule is O=C(OCc1ccc(-n2cccn2)cc1)c1cc(Cl)c2c(c1)OCO2. The van der Waals surface area contributed by atoms with Crippen molar-refractivity contribution in [3.05, 3.63) is 71.0 Å². The second kappa shape index (κ2) is 6.49. The maximum absolute atomic E-state index is 12.2. The summed E-state index contributed by atoms with van der Waals surface area (Å²) in [6.45, 7) is 0.250. The topological polar surface area (TPSA) is 62.6 Å². The van der Waals surface area contributed by atoms with Gasteiger partial charge in [-0.15, -0.1) is 0 Å². The fourth-order valence-corrected chi connectivity index (χ4v) is 2.75. The number of hydrogen-bond acceptors (Lipinski definition) is 5. The molecule has 0 amide bonds. The normalized spacial score (nSPS) is 12.2. The molecule has 0 unspecified atom stereocenters. The van der Waals surface area contributed by atoms with Gasteiger partial charge >= 0.3 is 5.97 Å². The first-order valence-corrected chi connectivity index (χ1v) is 7.94. The number of carbonyl (C=O) groups excluding carboxylic acids is 1. The summed E-state index contributed by atoms with van der Waals surface area (Å²) < 4.78 is 17.6. The lowest BCUT2D eigenvalue weighted by Gasteiger charge is -2.08. The van der Waals surface area contributed by atoms with Gasteiger partial charge in [0, 0.05) is 12.4 Å². The Morgan fingerprint density at radius 3 is 2.84 bits per heavy atom. The van der Waals surface area contributed by atoms with Gasteiger partial charge in [0.25, 0.3) is 0 Å². The third-order valence-electron chi connectivity index (χ3n) is 3.74.